The van der Waals surface area contributed by atoms with Gasteiger partial charge >= 0.3 is 0 Å². The average Bonchev–Trinajstić information content (AvgIpc) is 3.65. The molecule has 4 aromatic carbocycles. The Hall–Kier alpha value is -5.69. The van der Waals surface area contributed by atoms with E-state index in [4.69, 9.17) is 21.2 Å². The minimum atomic E-state index is -0.958. The zero-order valence-corrected chi connectivity index (χ0v) is 25.4. The van der Waals surface area contributed by atoms with Crippen LogP contribution in [-0.2, 0) is 4.74 Å². The lowest BCUT2D eigenvalue weighted by Crippen LogP contribution is -2.16. The summed E-state index contributed by atoms with van der Waals surface area (Å²) in [4.78, 5) is 4.77. The van der Waals surface area contributed by atoms with Gasteiger partial charge < -0.3 is 26.6 Å². The van der Waals surface area contributed by atoms with Crippen molar-refractivity contribution < 1.29 is 9.84 Å². The van der Waals surface area contributed by atoms with E-state index in [0.29, 0.717) is 6.42 Å². The van der Waals surface area contributed by atoms with E-state index in [1.165, 1.54) is 0 Å². The lowest BCUT2D eigenvalue weighted by molar-refractivity contribution is 0.150. The Labute approximate surface area is 269 Å². The number of hydrogen-bond donors (Lipinski definition) is 4. The number of nitrogens with one attached hydrogen (secondary N) is 1. The number of allylic oxidation sites excluding steroid dienone is 2. The average molecular weight is 605 g/mol. The Bertz CT molecular complexity index is 1980. The molecule has 0 fully saturated rings. The Kier molecular flexibility index (Phi) is 8.92. The first-order valence-corrected chi connectivity index (χ1v) is 15.1. The summed E-state index contributed by atoms with van der Waals surface area (Å²) in [5.74, 6) is 0. The van der Waals surface area contributed by atoms with Gasteiger partial charge in [-0.1, -0.05) is 110 Å². The van der Waals surface area contributed by atoms with Crippen LogP contribution in [0.25, 0.3) is 61.9 Å². The van der Waals surface area contributed by atoms with E-state index in [-0.39, 0.29) is 6.23 Å². The standard InChI is InChI=1S/C40H36N4O2/c1-3-30-31(4-2)39(29-18-20-36(44-25-29)40-43-21-22-46-40)35-23-27(33-15-9-8-14-32(33)26-11-6-5-7-12-26)17-19-34(35)38(30)28(24-41)13-10-16-37(42)45/h3-15,17-25,37,40,43,45H,1-2,16,41-42H2/b13-10-,28-24+. The van der Waals surface area contributed by atoms with Crippen molar-refractivity contribution in [3.63, 3.8) is 0 Å². The number of ether oxygens (including phenoxy) is 1. The molecule has 46 heavy (non-hydrogen) atoms. The van der Waals surface area contributed by atoms with Gasteiger partial charge in [-0.3, -0.25) is 4.98 Å². The molecular formula is C40H36N4O2. The van der Waals surface area contributed by atoms with E-state index in [0.717, 1.165) is 72.1 Å². The SMILES string of the molecule is C=Cc1c(C=C)c(-c2ccc(C3NC=CO3)nc2)c2cc(-c3ccccc3-c3ccccc3)ccc2c1C(/C=C\CC(N)O)=C/N. The van der Waals surface area contributed by atoms with E-state index < -0.39 is 6.23 Å². The first-order chi connectivity index (χ1) is 22.5. The molecule has 1 aromatic heterocycles. The second-order valence-electron chi connectivity index (χ2n) is 10.9. The van der Waals surface area contributed by atoms with E-state index in [1.807, 2.05) is 42.6 Å². The van der Waals surface area contributed by atoms with Crippen LogP contribution < -0.4 is 16.8 Å². The molecule has 5 aromatic rings. The maximum Gasteiger partial charge on any atom is 0.212 e. The third kappa shape index (κ3) is 5.87. The van der Waals surface area contributed by atoms with Gasteiger partial charge in [0, 0.05) is 30.6 Å². The Morgan fingerprint density at radius 2 is 1.61 bits per heavy atom. The number of aromatic nitrogens is 1. The molecular weight excluding hydrogens is 568 g/mol. The van der Waals surface area contributed by atoms with Gasteiger partial charge in [-0.25, -0.2) is 0 Å². The molecule has 6 N–H and O–H groups in total. The van der Waals surface area contributed by atoms with Crippen molar-refractivity contribution in [1.82, 2.24) is 10.3 Å². The number of aliphatic hydroxyl groups is 1. The normalized spacial score (nSPS) is 15.1. The molecule has 2 heterocycles. The fourth-order valence-electron chi connectivity index (χ4n) is 6.05. The quantitative estimate of drug-likeness (QED) is 0.0947. The molecule has 6 rings (SSSR count). The summed E-state index contributed by atoms with van der Waals surface area (Å²) in [5, 5.41) is 14.8. The summed E-state index contributed by atoms with van der Waals surface area (Å²) in [5.41, 5.74) is 22.5. The third-order valence-electron chi connectivity index (χ3n) is 8.14. The van der Waals surface area contributed by atoms with Crippen molar-refractivity contribution in [2.75, 3.05) is 0 Å². The van der Waals surface area contributed by atoms with Gasteiger partial charge in [-0.05, 0) is 73.0 Å². The van der Waals surface area contributed by atoms with Crippen LogP contribution in [0.5, 0.6) is 0 Å². The molecule has 2 atom stereocenters. The maximum absolute atomic E-state index is 9.68. The molecule has 1 aliphatic rings. The number of aliphatic hydroxyl groups excluding tert-OH is 1. The summed E-state index contributed by atoms with van der Waals surface area (Å²) in [7, 11) is 0. The van der Waals surface area contributed by atoms with Crippen molar-refractivity contribution in [2.45, 2.75) is 18.9 Å². The van der Waals surface area contributed by atoms with Crippen LogP contribution in [-0.4, -0.2) is 16.3 Å². The number of hydrogen-bond acceptors (Lipinski definition) is 6. The molecule has 0 aliphatic carbocycles. The predicted octanol–water partition coefficient (Wildman–Crippen LogP) is 8.13. The van der Waals surface area contributed by atoms with Gasteiger partial charge in [-0.2, -0.15) is 0 Å². The second-order valence-corrected chi connectivity index (χ2v) is 10.9. The van der Waals surface area contributed by atoms with Crippen molar-refractivity contribution in [3.8, 4) is 33.4 Å². The number of fused-ring (bicyclic) bond motifs is 1. The van der Waals surface area contributed by atoms with Crippen LogP contribution in [0.2, 0.25) is 0 Å². The third-order valence-corrected chi connectivity index (χ3v) is 8.14. The smallest absolute Gasteiger partial charge is 0.212 e. The fraction of sp³-hybridized carbons (Fsp3) is 0.0750. The molecule has 0 saturated carbocycles. The Morgan fingerprint density at radius 3 is 2.24 bits per heavy atom. The number of rotatable bonds is 10. The van der Waals surface area contributed by atoms with Crippen LogP contribution in [0.1, 0.15) is 35.0 Å². The zero-order valence-electron chi connectivity index (χ0n) is 25.4. The highest BCUT2D eigenvalue weighted by Crippen LogP contribution is 2.44. The lowest BCUT2D eigenvalue weighted by Gasteiger charge is -2.22. The Morgan fingerprint density at radius 1 is 0.891 bits per heavy atom. The van der Waals surface area contributed by atoms with Crippen LogP contribution in [0.4, 0.5) is 0 Å². The summed E-state index contributed by atoms with van der Waals surface area (Å²) in [6, 6.07) is 29.4. The van der Waals surface area contributed by atoms with Gasteiger partial charge in [0.15, 0.2) is 0 Å². The monoisotopic (exact) mass is 604 g/mol. The second kappa shape index (κ2) is 13.5. The molecule has 6 nitrogen and oxygen atoms in total. The van der Waals surface area contributed by atoms with E-state index in [2.05, 4.69) is 91.3 Å². The highest BCUT2D eigenvalue weighted by atomic mass is 16.5. The van der Waals surface area contributed by atoms with Crippen molar-refractivity contribution in [2.24, 2.45) is 11.5 Å². The van der Waals surface area contributed by atoms with Gasteiger partial charge in [0.05, 0.1) is 0 Å². The first kappa shape index (κ1) is 30.3. The minimum Gasteiger partial charge on any atom is -0.471 e. The fourth-order valence-corrected chi connectivity index (χ4v) is 6.05. The number of nitrogens with zero attached hydrogens (tertiary/aromatic N) is 1. The first-order valence-electron chi connectivity index (χ1n) is 15.1. The highest BCUT2D eigenvalue weighted by molar-refractivity contribution is 6.11. The molecule has 0 amide bonds. The maximum atomic E-state index is 9.68. The molecule has 1 aliphatic heterocycles. The Balaban J connectivity index is 1.63. The summed E-state index contributed by atoms with van der Waals surface area (Å²) in [6.45, 7) is 8.43. The van der Waals surface area contributed by atoms with E-state index in [1.54, 1.807) is 18.7 Å². The summed E-state index contributed by atoms with van der Waals surface area (Å²) < 4.78 is 5.62. The minimum absolute atomic E-state index is 0.290. The molecule has 6 heteroatoms. The van der Waals surface area contributed by atoms with Gasteiger partial charge in [0.1, 0.15) is 18.2 Å². The largest absolute Gasteiger partial charge is 0.471 e. The molecule has 0 radical (unpaired) electrons. The van der Waals surface area contributed by atoms with Crippen LogP contribution in [0.15, 0.2) is 135 Å². The van der Waals surface area contributed by atoms with Crippen LogP contribution in [0, 0.1) is 0 Å². The summed E-state index contributed by atoms with van der Waals surface area (Å²) >= 11 is 0. The molecule has 228 valence electrons. The van der Waals surface area contributed by atoms with Crippen molar-refractivity contribution >= 4 is 28.5 Å². The topological polar surface area (TPSA) is 106 Å². The van der Waals surface area contributed by atoms with Crippen LogP contribution >= 0.6 is 0 Å². The molecule has 0 bridgehead atoms. The number of benzene rings is 4. The van der Waals surface area contributed by atoms with Gasteiger partial charge in [-0.15, -0.1) is 0 Å². The number of nitrogens with two attached hydrogens (primary N) is 2. The molecule has 2 unspecified atom stereocenters. The number of pyridine rings is 1. The molecule has 0 spiro atoms. The molecule has 0 saturated heterocycles. The van der Waals surface area contributed by atoms with E-state index in [9.17, 15) is 5.11 Å². The van der Waals surface area contributed by atoms with E-state index >= 15 is 0 Å². The van der Waals surface area contributed by atoms with Gasteiger partial charge in [0.25, 0.3) is 0 Å². The highest BCUT2D eigenvalue weighted by Gasteiger charge is 2.22. The van der Waals surface area contributed by atoms with Gasteiger partial charge in [0.2, 0.25) is 6.23 Å². The zero-order chi connectivity index (χ0) is 32.0. The van der Waals surface area contributed by atoms with Crippen molar-refractivity contribution in [3.05, 3.63) is 157 Å². The summed E-state index contributed by atoms with van der Waals surface area (Å²) in [6.07, 6.45) is 13.3. The lowest BCUT2D eigenvalue weighted by atomic mass is 9.82. The van der Waals surface area contributed by atoms with Crippen LogP contribution in [0.3, 0.4) is 0 Å². The van der Waals surface area contributed by atoms with Crippen molar-refractivity contribution in [1.29, 1.82) is 0 Å². The predicted molar refractivity (Wildman–Crippen MR) is 190 cm³/mol.